The minimum absolute atomic E-state index is 0.00222. The number of H-pyrrole nitrogens is 1. The lowest BCUT2D eigenvalue weighted by Gasteiger charge is -2.32. The van der Waals surface area contributed by atoms with Crippen molar-refractivity contribution in [1.82, 2.24) is 24.4 Å². The highest BCUT2D eigenvalue weighted by molar-refractivity contribution is 5.95. The molecule has 1 aliphatic rings. The van der Waals surface area contributed by atoms with Gasteiger partial charge in [-0.3, -0.25) is 14.4 Å². The van der Waals surface area contributed by atoms with Crippen LogP contribution in [0, 0.1) is 19.8 Å². The molecule has 1 unspecified atom stereocenters. The van der Waals surface area contributed by atoms with E-state index >= 15 is 0 Å². The van der Waals surface area contributed by atoms with Crippen molar-refractivity contribution in [2.45, 2.75) is 33.1 Å². The first-order chi connectivity index (χ1) is 12.4. The number of aromatic nitrogens is 4. The predicted molar refractivity (Wildman–Crippen MR) is 94.9 cm³/mol. The third-order valence-corrected chi connectivity index (χ3v) is 4.86. The molecular weight excluding hydrogens is 334 g/mol. The number of piperidine rings is 1. The Morgan fingerprint density at radius 2 is 2.12 bits per heavy atom. The molecule has 1 amide bonds. The van der Waals surface area contributed by atoms with Crippen LogP contribution >= 0.6 is 0 Å². The van der Waals surface area contributed by atoms with E-state index in [0.29, 0.717) is 36.0 Å². The Balaban J connectivity index is 1.72. The molecule has 1 saturated heterocycles. The van der Waals surface area contributed by atoms with Crippen LogP contribution in [0.25, 0.3) is 0 Å². The van der Waals surface area contributed by atoms with Gasteiger partial charge in [-0.25, -0.2) is 9.97 Å². The molecule has 0 spiro atoms. The lowest BCUT2D eigenvalue weighted by Crippen LogP contribution is -2.44. The number of amides is 1. The minimum Gasteiger partial charge on any atom is -0.342 e. The lowest BCUT2D eigenvalue weighted by atomic mass is 9.93. The summed E-state index contributed by atoms with van der Waals surface area (Å²) in [6, 6.07) is 0. The highest BCUT2D eigenvalue weighted by atomic mass is 16.2. The molecule has 8 heteroatoms. The highest BCUT2D eigenvalue weighted by Gasteiger charge is 2.31. The molecule has 138 valence electrons. The largest absolute Gasteiger partial charge is 0.342 e. The van der Waals surface area contributed by atoms with Crippen LogP contribution in [0.3, 0.4) is 0 Å². The second-order valence-electron chi connectivity index (χ2n) is 6.80. The van der Waals surface area contributed by atoms with Gasteiger partial charge in [-0.15, -0.1) is 0 Å². The Bertz CT molecular complexity index is 898. The van der Waals surface area contributed by atoms with Gasteiger partial charge in [-0.05, 0) is 26.7 Å². The summed E-state index contributed by atoms with van der Waals surface area (Å²) in [5, 5.41) is 0. The molecule has 1 atom stereocenters. The van der Waals surface area contributed by atoms with Crippen molar-refractivity contribution >= 4 is 11.7 Å². The van der Waals surface area contributed by atoms with Crippen molar-refractivity contribution in [3.63, 3.8) is 0 Å². The summed E-state index contributed by atoms with van der Waals surface area (Å²) in [4.78, 5) is 50.1. The number of nitrogens with zero attached hydrogens (tertiary/aromatic N) is 4. The first-order valence-electron chi connectivity index (χ1n) is 8.72. The zero-order chi connectivity index (χ0) is 18.8. The number of carbonyl (C=O) groups excluding carboxylic acids is 2. The number of hydrogen-bond donors (Lipinski definition) is 1. The van der Waals surface area contributed by atoms with E-state index in [9.17, 15) is 14.4 Å². The highest BCUT2D eigenvalue weighted by Crippen LogP contribution is 2.21. The van der Waals surface area contributed by atoms with Gasteiger partial charge in [-0.1, -0.05) is 0 Å². The van der Waals surface area contributed by atoms with E-state index in [1.807, 2.05) is 0 Å². The fraction of sp³-hybridized carbons (Fsp3) is 0.500. The Hall–Kier alpha value is -2.77. The maximum Gasteiger partial charge on any atom is 0.254 e. The summed E-state index contributed by atoms with van der Waals surface area (Å²) in [5.41, 5.74) is 0.677. The summed E-state index contributed by atoms with van der Waals surface area (Å²) in [5.74, 6) is 0.494. The molecule has 1 N–H and O–H groups in total. The molecule has 8 nitrogen and oxygen atoms in total. The smallest absolute Gasteiger partial charge is 0.254 e. The molecule has 3 rings (SSSR count). The molecule has 0 aromatic carbocycles. The third kappa shape index (κ3) is 3.58. The Morgan fingerprint density at radius 3 is 2.77 bits per heavy atom. The van der Waals surface area contributed by atoms with E-state index in [1.54, 1.807) is 42.8 Å². The molecular formula is C18H23N5O3. The van der Waals surface area contributed by atoms with E-state index in [4.69, 9.17) is 0 Å². The van der Waals surface area contributed by atoms with Gasteiger partial charge in [0.25, 0.3) is 5.56 Å². The van der Waals surface area contributed by atoms with Crippen molar-refractivity contribution in [3.8, 4) is 0 Å². The maximum atomic E-state index is 12.7. The summed E-state index contributed by atoms with van der Waals surface area (Å²) < 4.78 is 1.70. The summed E-state index contributed by atoms with van der Waals surface area (Å²) in [7, 11) is 1.78. The first kappa shape index (κ1) is 18.0. The van der Waals surface area contributed by atoms with Crippen LogP contribution in [0.2, 0.25) is 0 Å². The van der Waals surface area contributed by atoms with Crippen LogP contribution in [0.4, 0.5) is 0 Å². The lowest BCUT2D eigenvalue weighted by molar-refractivity contribution is -0.131. The van der Waals surface area contributed by atoms with E-state index < -0.39 is 0 Å². The molecule has 0 bridgehead atoms. The molecule has 26 heavy (non-hydrogen) atoms. The first-order valence-corrected chi connectivity index (χ1v) is 8.72. The van der Waals surface area contributed by atoms with Crippen molar-refractivity contribution in [3.05, 3.63) is 45.7 Å². The normalized spacial score (nSPS) is 17.3. The number of imidazole rings is 1. The quantitative estimate of drug-likeness (QED) is 0.815. The van der Waals surface area contributed by atoms with Crippen LogP contribution in [0.1, 0.15) is 40.5 Å². The van der Waals surface area contributed by atoms with E-state index in [-0.39, 0.29) is 29.6 Å². The molecule has 0 radical (unpaired) electrons. The topological polar surface area (TPSA) is 101 Å². The molecule has 3 heterocycles. The Kier molecular flexibility index (Phi) is 5.01. The van der Waals surface area contributed by atoms with Crippen LogP contribution in [-0.4, -0.2) is 49.2 Å². The molecule has 0 saturated carbocycles. The number of hydrogen-bond acceptors (Lipinski definition) is 5. The van der Waals surface area contributed by atoms with E-state index in [0.717, 1.165) is 12.8 Å². The monoisotopic (exact) mass is 357 g/mol. The van der Waals surface area contributed by atoms with Gasteiger partial charge in [0.1, 0.15) is 5.82 Å². The number of aryl methyl sites for hydroxylation is 3. The summed E-state index contributed by atoms with van der Waals surface area (Å²) >= 11 is 0. The third-order valence-electron chi connectivity index (χ3n) is 4.86. The second-order valence-corrected chi connectivity index (χ2v) is 6.80. The number of carbonyl (C=O) groups is 2. The van der Waals surface area contributed by atoms with Gasteiger partial charge in [0.05, 0.1) is 6.42 Å². The number of Topliss-reactive ketones (excluding diaryl/α,β-unsaturated/α-hetero) is 1. The van der Waals surface area contributed by atoms with Crippen molar-refractivity contribution in [2.75, 3.05) is 13.1 Å². The number of rotatable bonds is 4. The predicted octanol–water partition coefficient (Wildman–Crippen LogP) is 0.784. The molecule has 2 aromatic rings. The van der Waals surface area contributed by atoms with Crippen molar-refractivity contribution in [1.29, 1.82) is 0 Å². The average molecular weight is 357 g/mol. The second kappa shape index (κ2) is 7.23. The zero-order valence-corrected chi connectivity index (χ0v) is 15.3. The van der Waals surface area contributed by atoms with Crippen LogP contribution < -0.4 is 5.56 Å². The Labute approximate surface area is 151 Å². The van der Waals surface area contributed by atoms with Gasteiger partial charge in [0, 0.05) is 49.7 Å². The van der Waals surface area contributed by atoms with Gasteiger partial charge in [0.2, 0.25) is 11.7 Å². The average Bonchev–Trinajstić information content (AvgIpc) is 3.03. The molecule has 1 fully saturated rings. The SMILES string of the molecule is Cc1nc(C)c(CC(=O)N2CCCC(C(=O)c3nccn3C)C2)c(=O)[nH]1. The van der Waals surface area contributed by atoms with Gasteiger partial charge >= 0.3 is 0 Å². The van der Waals surface area contributed by atoms with Gasteiger partial charge in [-0.2, -0.15) is 0 Å². The van der Waals surface area contributed by atoms with E-state index in [1.165, 1.54) is 0 Å². The standard InChI is InChI=1S/C18H23N5O3/c1-11-14(18(26)21-12(2)20-11)9-15(24)23-7-4-5-13(10-23)16(25)17-19-6-8-22(17)3/h6,8,13H,4-5,7,9-10H2,1-3H3,(H,20,21,26). The fourth-order valence-electron chi connectivity index (χ4n) is 3.43. The van der Waals surface area contributed by atoms with Crippen LogP contribution in [-0.2, 0) is 18.3 Å². The molecule has 0 aliphatic carbocycles. The van der Waals surface area contributed by atoms with Crippen molar-refractivity contribution < 1.29 is 9.59 Å². The van der Waals surface area contributed by atoms with Gasteiger partial charge in [0.15, 0.2) is 5.82 Å². The van der Waals surface area contributed by atoms with E-state index in [2.05, 4.69) is 15.0 Å². The number of likely N-dealkylation sites (tertiary alicyclic amines) is 1. The fourth-order valence-corrected chi connectivity index (χ4v) is 3.43. The Morgan fingerprint density at radius 1 is 1.35 bits per heavy atom. The molecule has 1 aliphatic heterocycles. The van der Waals surface area contributed by atoms with Crippen molar-refractivity contribution in [2.24, 2.45) is 13.0 Å². The van der Waals surface area contributed by atoms with Crippen LogP contribution in [0.5, 0.6) is 0 Å². The molecule has 2 aromatic heterocycles. The number of aromatic amines is 1. The maximum absolute atomic E-state index is 12.7. The number of ketones is 1. The van der Waals surface area contributed by atoms with Crippen LogP contribution in [0.15, 0.2) is 17.2 Å². The summed E-state index contributed by atoms with van der Waals surface area (Å²) in [6.07, 6.45) is 4.82. The van der Waals surface area contributed by atoms with Gasteiger partial charge < -0.3 is 14.5 Å². The minimum atomic E-state index is -0.277. The summed E-state index contributed by atoms with van der Waals surface area (Å²) in [6.45, 7) is 4.40. The number of nitrogens with one attached hydrogen (secondary N) is 1. The zero-order valence-electron chi connectivity index (χ0n) is 15.3.